The van der Waals surface area contributed by atoms with E-state index in [1.165, 1.54) is 0 Å². The molecular formula is C5H8ClFO2S. The highest BCUT2D eigenvalue weighted by Crippen LogP contribution is 2.32. The highest BCUT2D eigenvalue weighted by molar-refractivity contribution is 7.86. The van der Waals surface area contributed by atoms with Crippen molar-refractivity contribution >= 4 is 21.8 Å². The minimum Gasteiger partial charge on any atom is -0.195 e. The molecule has 0 radical (unpaired) electrons. The van der Waals surface area contributed by atoms with Crippen LogP contribution in [0.4, 0.5) is 3.89 Å². The lowest BCUT2D eigenvalue weighted by atomic mass is 9.87. The fourth-order valence-corrected chi connectivity index (χ4v) is 2.41. The van der Waals surface area contributed by atoms with Crippen LogP contribution in [0.5, 0.6) is 0 Å². The van der Waals surface area contributed by atoms with Crippen molar-refractivity contribution in [2.75, 3.05) is 5.75 Å². The van der Waals surface area contributed by atoms with Crippen LogP contribution in [0.25, 0.3) is 0 Å². The first-order valence-corrected chi connectivity index (χ1v) is 5.02. The van der Waals surface area contributed by atoms with E-state index in [1.807, 2.05) is 0 Å². The van der Waals surface area contributed by atoms with E-state index in [0.29, 0.717) is 12.8 Å². The van der Waals surface area contributed by atoms with Gasteiger partial charge in [-0.3, -0.25) is 0 Å². The fraction of sp³-hybridized carbons (Fsp3) is 1.00. The molecule has 1 rings (SSSR count). The minimum atomic E-state index is -4.27. The zero-order valence-corrected chi connectivity index (χ0v) is 6.83. The van der Waals surface area contributed by atoms with Crippen molar-refractivity contribution in [3.63, 3.8) is 0 Å². The Balaban J connectivity index is 2.30. The van der Waals surface area contributed by atoms with E-state index in [0.717, 1.165) is 0 Å². The van der Waals surface area contributed by atoms with E-state index in [2.05, 4.69) is 0 Å². The van der Waals surface area contributed by atoms with Gasteiger partial charge in [0, 0.05) is 5.38 Å². The molecule has 1 saturated carbocycles. The molecule has 0 atom stereocenters. The molecule has 0 aliphatic heterocycles. The molecule has 0 saturated heterocycles. The molecule has 0 spiro atoms. The summed E-state index contributed by atoms with van der Waals surface area (Å²) < 4.78 is 32.0. The van der Waals surface area contributed by atoms with Gasteiger partial charge in [0.1, 0.15) is 0 Å². The largest absolute Gasteiger partial charge is 0.302 e. The minimum absolute atomic E-state index is 0.0440. The number of alkyl halides is 1. The van der Waals surface area contributed by atoms with Crippen LogP contribution in [0, 0.1) is 5.92 Å². The summed E-state index contributed by atoms with van der Waals surface area (Å²) >= 11 is 5.56. The summed E-state index contributed by atoms with van der Waals surface area (Å²) in [6, 6.07) is 0. The van der Waals surface area contributed by atoms with Crippen molar-refractivity contribution < 1.29 is 12.3 Å². The maximum atomic E-state index is 11.9. The van der Waals surface area contributed by atoms with Crippen LogP contribution < -0.4 is 0 Å². The predicted molar refractivity (Wildman–Crippen MR) is 37.3 cm³/mol. The highest BCUT2D eigenvalue weighted by Gasteiger charge is 2.31. The molecule has 2 nitrogen and oxygen atoms in total. The molecule has 0 aromatic rings. The molecule has 1 aliphatic rings. The van der Waals surface area contributed by atoms with Crippen molar-refractivity contribution in [2.45, 2.75) is 18.2 Å². The number of hydrogen-bond donors (Lipinski definition) is 0. The maximum absolute atomic E-state index is 11.9. The van der Waals surface area contributed by atoms with Gasteiger partial charge in [-0.25, -0.2) is 0 Å². The van der Waals surface area contributed by atoms with Crippen LogP contribution in [0.2, 0.25) is 0 Å². The quantitative estimate of drug-likeness (QED) is 0.481. The monoisotopic (exact) mass is 186 g/mol. The summed E-state index contributed by atoms with van der Waals surface area (Å²) in [6.07, 6.45) is 1.26. The normalized spacial score (nSPS) is 33.4. The Morgan fingerprint density at radius 3 is 2.30 bits per heavy atom. The van der Waals surface area contributed by atoms with Crippen LogP contribution in [0.3, 0.4) is 0 Å². The Labute approximate surface area is 64.6 Å². The summed E-state index contributed by atoms with van der Waals surface area (Å²) in [7, 11) is -4.27. The molecule has 0 unspecified atom stereocenters. The van der Waals surface area contributed by atoms with Crippen molar-refractivity contribution in [1.82, 2.24) is 0 Å². The van der Waals surface area contributed by atoms with Gasteiger partial charge >= 0.3 is 10.2 Å². The predicted octanol–water partition coefficient (Wildman–Crippen LogP) is 1.30. The second-order valence-electron chi connectivity index (χ2n) is 2.64. The van der Waals surface area contributed by atoms with Crippen molar-refractivity contribution in [3.8, 4) is 0 Å². The fourth-order valence-electron chi connectivity index (χ4n) is 1.07. The molecule has 0 aromatic carbocycles. The molecule has 0 N–H and O–H groups in total. The van der Waals surface area contributed by atoms with Crippen LogP contribution in [-0.4, -0.2) is 19.5 Å². The maximum Gasteiger partial charge on any atom is 0.302 e. The third-order valence-corrected chi connectivity index (χ3v) is 2.84. The first kappa shape index (κ1) is 8.27. The summed E-state index contributed by atoms with van der Waals surface area (Å²) in [5.74, 6) is -0.395. The Kier molecular flexibility index (Phi) is 2.20. The molecule has 0 heterocycles. The molecule has 60 valence electrons. The van der Waals surface area contributed by atoms with Gasteiger partial charge in [-0.1, -0.05) is 0 Å². The van der Waals surface area contributed by atoms with Gasteiger partial charge in [-0.05, 0) is 18.8 Å². The lowest BCUT2D eigenvalue weighted by molar-refractivity contribution is 0.351. The topological polar surface area (TPSA) is 34.1 Å². The third-order valence-electron chi connectivity index (χ3n) is 1.61. The standard InChI is InChI=1S/C5H8ClFO2S/c6-5-1-4(2-5)3-10(7,8)9/h4-5H,1-3H2. The van der Waals surface area contributed by atoms with Crippen molar-refractivity contribution in [2.24, 2.45) is 5.92 Å². The van der Waals surface area contributed by atoms with Crippen LogP contribution in [0.15, 0.2) is 0 Å². The van der Waals surface area contributed by atoms with E-state index in [9.17, 15) is 12.3 Å². The Hall–Kier alpha value is 0.170. The Morgan fingerprint density at radius 2 is 2.00 bits per heavy atom. The molecular weight excluding hydrogens is 179 g/mol. The molecule has 10 heavy (non-hydrogen) atoms. The molecule has 1 fully saturated rings. The van der Waals surface area contributed by atoms with Crippen molar-refractivity contribution in [3.05, 3.63) is 0 Å². The molecule has 0 amide bonds. The van der Waals surface area contributed by atoms with E-state index in [-0.39, 0.29) is 17.0 Å². The van der Waals surface area contributed by atoms with Gasteiger partial charge in [0.15, 0.2) is 0 Å². The van der Waals surface area contributed by atoms with Gasteiger partial charge in [-0.2, -0.15) is 8.42 Å². The van der Waals surface area contributed by atoms with E-state index >= 15 is 0 Å². The molecule has 0 bridgehead atoms. The zero-order chi connectivity index (χ0) is 7.78. The smallest absolute Gasteiger partial charge is 0.195 e. The molecule has 1 aliphatic carbocycles. The highest BCUT2D eigenvalue weighted by atomic mass is 35.5. The summed E-state index contributed by atoms with van der Waals surface area (Å²) in [5, 5.41) is 0.0618. The summed E-state index contributed by atoms with van der Waals surface area (Å²) in [5.41, 5.74) is 0. The summed E-state index contributed by atoms with van der Waals surface area (Å²) in [4.78, 5) is 0. The van der Waals surface area contributed by atoms with Gasteiger partial charge < -0.3 is 0 Å². The zero-order valence-electron chi connectivity index (χ0n) is 5.26. The summed E-state index contributed by atoms with van der Waals surface area (Å²) in [6.45, 7) is 0. The molecule has 5 heteroatoms. The molecule has 0 aromatic heterocycles. The number of hydrogen-bond acceptors (Lipinski definition) is 2. The van der Waals surface area contributed by atoms with Gasteiger partial charge in [0.2, 0.25) is 0 Å². The first-order valence-electron chi connectivity index (χ1n) is 3.04. The van der Waals surface area contributed by atoms with Gasteiger partial charge in [0.05, 0.1) is 5.75 Å². The van der Waals surface area contributed by atoms with Crippen LogP contribution in [0.1, 0.15) is 12.8 Å². The van der Waals surface area contributed by atoms with Crippen LogP contribution in [-0.2, 0) is 10.2 Å². The van der Waals surface area contributed by atoms with Gasteiger partial charge in [-0.15, -0.1) is 15.5 Å². The lowest BCUT2D eigenvalue weighted by Gasteiger charge is -2.29. The lowest BCUT2D eigenvalue weighted by Crippen LogP contribution is -2.29. The third kappa shape index (κ3) is 2.42. The second-order valence-corrected chi connectivity index (χ2v) is 4.67. The second kappa shape index (κ2) is 2.66. The van der Waals surface area contributed by atoms with Gasteiger partial charge in [0.25, 0.3) is 0 Å². The van der Waals surface area contributed by atoms with Crippen LogP contribution >= 0.6 is 11.6 Å². The first-order chi connectivity index (χ1) is 4.47. The van der Waals surface area contributed by atoms with Crippen molar-refractivity contribution in [1.29, 1.82) is 0 Å². The van der Waals surface area contributed by atoms with E-state index in [4.69, 9.17) is 11.6 Å². The average Bonchev–Trinajstić information content (AvgIpc) is 1.57. The SMILES string of the molecule is O=S(=O)(F)CC1CC(Cl)C1. The number of halogens is 2. The average molecular weight is 187 g/mol. The number of rotatable bonds is 2. The Morgan fingerprint density at radius 1 is 1.50 bits per heavy atom. The Bertz CT molecular complexity index is 208. The van der Waals surface area contributed by atoms with E-state index in [1.54, 1.807) is 0 Å². The van der Waals surface area contributed by atoms with E-state index < -0.39 is 10.2 Å².